The lowest BCUT2D eigenvalue weighted by molar-refractivity contribution is -0.121. The van der Waals surface area contributed by atoms with E-state index in [1.807, 2.05) is 103 Å². The normalized spacial score (nSPS) is 13.1. The van der Waals surface area contributed by atoms with E-state index in [4.69, 9.17) is 9.73 Å². The van der Waals surface area contributed by atoms with Crippen LogP contribution in [-0.4, -0.2) is 55.4 Å². The van der Waals surface area contributed by atoms with Gasteiger partial charge in [0.2, 0.25) is 11.9 Å². The van der Waals surface area contributed by atoms with E-state index in [1.54, 1.807) is 11.9 Å². The molecule has 2 aliphatic heterocycles. The van der Waals surface area contributed by atoms with E-state index in [1.165, 1.54) is 10.6 Å². The summed E-state index contributed by atoms with van der Waals surface area (Å²) >= 11 is 0. The monoisotopic (exact) mass is 674 g/mol. The fraction of sp³-hybridized carbons (Fsp3) is 0.263. The zero-order chi connectivity index (χ0) is 34.9. The van der Waals surface area contributed by atoms with Gasteiger partial charge >= 0.3 is 6.03 Å². The first-order valence-electron chi connectivity index (χ1n) is 16.8. The minimum atomic E-state index is -0.444. The number of urea groups is 1. The van der Waals surface area contributed by atoms with Crippen LogP contribution in [0.4, 0.5) is 21.9 Å². The largest absolute Gasteiger partial charge is 0.494 e. The van der Waals surface area contributed by atoms with Crippen LogP contribution in [0.3, 0.4) is 0 Å². The third kappa shape index (κ3) is 8.39. The molecule has 4 aromatic rings. The molecule has 0 bridgehead atoms. The Hall–Kier alpha value is -5.88. The zero-order valence-electron chi connectivity index (χ0n) is 28.3. The number of amides is 4. The summed E-state index contributed by atoms with van der Waals surface area (Å²) in [7, 11) is 1.70. The number of nitrogens with zero attached hydrogens (tertiary/aromatic N) is 4. The maximum Gasteiger partial charge on any atom is 0.321 e. The van der Waals surface area contributed by atoms with Crippen LogP contribution in [0.15, 0.2) is 102 Å². The van der Waals surface area contributed by atoms with Crippen LogP contribution in [0.1, 0.15) is 35.1 Å². The van der Waals surface area contributed by atoms with E-state index in [2.05, 4.69) is 27.6 Å². The highest BCUT2D eigenvalue weighted by atomic mass is 16.5. The second kappa shape index (κ2) is 16.0. The third-order valence-electron chi connectivity index (χ3n) is 8.58. The van der Waals surface area contributed by atoms with Crippen LogP contribution in [0.25, 0.3) is 0 Å². The Bertz CT molecular complexity index is 1860. The number of guanidine groups is 1. The molecule has 0 atom stereocenters. The maximum absolute atomic E-state index is 13.6. The maximum atomic E-state index is 13.6. The molecule has 0 aliphatic carbocycles. The number of fused-ring (bicyclic) bond motifs is 2. The number of hydrogen-bond acceptors (Lipinski definition) is 8. The van der Waals surface area contributed by atoms with Gasteiger partial charge in [-0.3, -0.25) is 25.3 Å². The summed E-state index contributed by atoms with van der Waals surface area (Å²) in [5.41, 5.74) is 12.4. The van der Waals surface area contributed by atoms with Crippen molar-refractivity contribution in [3.8, 4) is 5.75 Å². The Morgan fingerprint density at radius 1 is 0.920 bits per heavy atom. The van der Waals surface area contributed by atoms with Crippen molar-refractivity contribution in [1.29, 1.82) is 0 Å². The highest BCUT2D eigenvalue weighted by molar-refractivity contribution is 6.02. The lowest BCUT2D eigenvalue weighted by Crippen LogP contribution is -2.53. The molecule has 50 heavy (non-hydrogen) atoms. The molecule has 258 valence electrons. The number of carbonyl (C=O) groups excluding carboxylic acids is 3. The molecule has 2 aliphatic rings. The average Bonchev–Trinajstić information content (AvgIpc) is 3.53. The van der Waals surface area contributed by atoms with E-state index in [9.17, 15) is 14.4 Å². The lowest BCUT2D eigenvalue weighted by atomic mass is 10.1. The van der Waals surface area contributed by atoms with Gasteiger partial charge in [-0.15, -0.1) is 0 Å². The Balaban J connectivity index is 1.10. The third-order valence-corrected chi connectivity index (χ3v) is 8.58. The predicted molar refractivity (Wildman–Crippen MR) is 194 cm³/mol. The van der Waals surface area contributed by atoms with E-state index >= 15 is 0 Å². The van der Waals surface area contributed by atoms with E-state index < -0.39 is 6.03 Å². The van der Waals surface area contributed by atoms with Gasteiger partial charge in [0, 0.05) is 39.2 Å². The molecule has 0 unspecified atom stereocenters. The van der Waals surface area contributed by atoms with Crippen molar-refractivity contribution in [3.05, 3.63) is 119 Å². The fourth-order valence-corrected chi connectivity index (χ4v) is 6.01. The number of carbonyl (C=O) groups is 3. The molecule has 6 rings (SSSR count). The Kier molecular flexibility index (Phi) is 10.9. The molecule has 0 spiro atoms. The first-order valence-corrected chi connectivity index (χ1v) is 16.8. The molecule has 4 amide bonds. The number of hydrazine groups is 2. The highest BCUT2D eigenvalue weighted by Crippen LogP contribution is 2.31. The molecule has 0 saturated carbocycles. The number of ether oxygens (including phenoxy) is 1. The van der Waals surface area contributed by atoms with Gasteiger partial charge in [-0.25, -0.2) is 20.2 Å². The molecule has 4 aromatic carbocycles. The zero-order valence-corrected chi connectivity index (χ0v) is 28.3. The number of aliphatic imine (C=N–C) groups is 1. The SMILES string of the molecule is CNN(C(=O)CN1Cc2ccc(OCCCC(=O)NN3CCc4ccccc43)cc2N=C1NC(=O)NCc1ccccc1)c1ccccc1C. The van der Waals surface area contributed by atoms with Crippen molar-refractivity contribution in [2.24, 2.45) is 4.99 Å². The van der Waals surface area contributed by atoms with Crippen molar-refractivity contribution < 1.29 is 19.1 Å². The second-order valence-electron chi connectivity index (χ2n) is 12.1. The van der Waals surface area contributed by atoms with Crippen LogP contribution < -0.4 is 36.2 Å². The summed E-state index contributed by atoms with van der Waals surface area (Å²) in [6.45, 7) is 3.67. The quantitative estimate of drug-likeness (QED) is 0.126. The Labute approximate surface area is 292 Å². The first kappa shape index (κ1) is 34.0. The molecule has 12 heteroatoms. The summed E-state index contributed by atoms with van der Waals surface area (Å²) < 4.78 is 6.01. The Morgan fingerprint density at radius 2 is 1.70 bits per heavy atom. The summed E-state index contributed by atoms with van der Waals surface area (Å²) in [6, 6.07) is 30.4. The van der Waals surface area contributed by atoms with E-state index in [0.717, 1.165) is 41.0 Å². The van der Waals surface area contributed by atoms with E-state index in [0.29, 0.717) is 44.0 Å². The molecule has 4 N–H and O–H groups in total. The van der Waals surface area contributed by atoms with Crippen molar-refractivity contribution in [2.75, 3.05) is 36.8 Å². The molecular weight excluding hydrogens is 632 g/mol. The summed E-state index contributed by atoms with van der Waals surface area (Å²) in [4.78, 5) is 45.8. The van der Waals surface area contributed by atoms with Crippen molar-refractivity contribution in [1.82, 2.24) is 26.4 Å². The number of benzene rings is 4. The molecule has 12 nitrogen and oxygen atoms in total. The van der Waals surface area contributed by atoms with Gasteiger partial charge in [-0.05, 0) is 60.2 Å². The van der Waals surface area contributed by atoms with Gasteiger partial charge < -0.3 is 15.0 Å². The van der Waals surface area contributed by atoms with Crippen LogP contribution in [0, 0.1) is 6.92 Å². The van der Waals surface area contributed by atoms with Gasteiger partial charge in [0.05, 0.1) is 23.7 Å². The molecule has 0 saturated heterocycles. The van der Waals surface area contributed by atoms with E-state index in [-0.39, 0.29) is 24.3 Å². The first-order chi connectivity index (χ1) is 24.4. The van der Waals surface area contributed by atoms with Gasteiger partial charge in [-0.1, -0.05) is 72.8 Å². The Morgan fingerprint density at radius 3 is 2.52 bits per heavy atom. The molecule has 0 fully saturated rings. The minimum Gasteiger partial charge on any atom is -0.494 e. The van der Waals surface area contributed by atoms with Crippen LogP contribution in [-0.2, 0) is 29.1 Å². The van der Waals surface area contributed by atoms with Gasteiger partial charge in [0.15, 0.2) is 0 Å². The highest BCUT2D eigenvalue weighted by Gasteiger charge is 2.27. The van der Waals surface area contributed by atoms with Crippen LogP contribution >= 0.6 is 0 Å². The topological polar surface area (TPSA) is 131 Å². The molecule has 0 radical (unpaired) electrons. The molecule has 0 aromatic heterocycles. The average molecular weight is 675 g/mol. The van der Waals surface area contributed by atoms with Crippen molar-refractivity contribution in [2.45, 2.75) is 39.3 Å². The number of rotatable bonds is 12. The molecule has 2 heterocycles. The predicted octanol–water partition coefficient (Wildman–Crippen LogP) is 4.72. The van der Waals surface area contributed by atoms with Crippen molar-refractivity contribution in [3.63, 3.8) is 0 Å². The second-order valence-corrected chi connectivity index (χ2v) is 12.1. The smallest absolute Gasteiger partial charge is 0.321 e. The van der Waals surface area contributed by atoms with Gasteiger partial charge in [0.25, 0.3) is 5.91 Å². The van der Waals surface area contributed by atoms with Gasteiger partial charge in [-0.2, -0.15) is 0 Å². The lowest BCUT2D eigenvalue weighted by Gasteiger charge is -2.32. The fourth-order valence-electron chi connectivity index (χ4n) is 6.01. The number of para-hydroxylation sites is 2. The van der Waals surface area contributed by atoms with Crippen LogP contribution in [0.5, 0.6) is 5.75 Å². The number of anilines is 2. The standard InChI is InChI=1S/C38H42N8O4/c1-27-11-6-8-15-33(27)46(39-2)36(48)26-44-25-30-18-19-31(23-32(30)41-37(44)42-38(49)40-24-28-12-4-3-5-13-28)50-22-10-17-35(47)43-45-21-20-29-14-7-9-16-34(29)45/h3-9,11-16,18-19,23,39H,10,17,20-22,24-26H2,1-2H3,(H,43,47)(H2,40,41,42,49). The summed E-state index contributed by atoms with van der Waals surface area (Å²) in [5, 5.41) is 9.13. The molecular formula is C38H42N8O4. The summed E-state index contributed by atoms with van der Waals surface area (Å²) in [6.07, 6.45) is 1.77. The number of aryl methyl sites for hydroxylation is 1. The number of hydrogen-bond donors (Lipinski definition) is 4. The van der Waals surface area contributed by atoms with Gasteiger partial charge in [0.1, 0.15) is 12.3 Å². The van der Waals surface area contributed by atoms with Crippen LogP contribution in [0.2, 0.25) is 0 Å². The number of nitrogens with one attached hydrogen (secondary N) is 4. The summed E-state index contributed by atoms with van der Waals surface area (Å²) in [5.74, 6) is 0.562. The minimum absolute atomic E-state index is 0.0459. The van der Waals surface area contributed by atoms with Crippen molar-refractivity contribution >= 4 is 40.9 Å².